The van der Waals surface area contributed by atoms with Crippen molar-refractivity contribution in [2.45, 2.75) is 45.4 Å². The highest BCUT2D eigenvalue weighted by atomic mass is 32.2. The summed E-state index contributed by atoms with van der Waals surface area (Å²) in [5.41, 5.74) is 0. The molecule has 0 aliphatic carbocycles. The molecule has 1 fully saturated rings. The van der Waals surface area contributed by atoms with Crippen LogP contribution < -0.4 is 5.32 Å². The first kappa shape index (κ1) is 16.6. The number of carbonyl (C=O) groups is 1. The van der Waals surface area contributed by atoms with Gasteiger partial charge in [-0.1, -0.05) is 19.9 Å². The molecule has 4 nitrogen and oxygen atoms in total. The molecule has 118 valence electrons. The van der Waals surface area contributed by atoms with E-state index in [4.69, 9.17) is 0 Å². The van der Waals surface area contributed by atoms with Crippen LogP contribution in [0, 0.1) is 5.92 Å². The zero-order valence-corrected chi connectivity index (χ0v) is 14.7. The fourth-order valence-corrected chi connectivity index (χ4v) is 4.16. The van der Waals surface area contributed by atoms with Crippen molar-refractivity contribution in [1.29, 1.82) is 0 Å². The van der Waals surface area contributed by atoms with Gasteiger partial charge in [0, 0.05) is 33.7 Å². The van der Waals surface area contributed by atoms with E-state index in [1.54, 1.807) is 17.6 Å². The third kappa shape index (κ3) is 3.73. The summed E-state index contributed by atoms with van der Waals surface area (Å²) < 4.78 is 11.3. The van der Waals surface area contributed by atoms with Crippen LogP contribution in [0.5, 0.6) is 0 Å². The van der Waals surface area contributed by atoms with Gasteiger partial charge in [0.15, 0.2) is 0 Å². The predicted octanol–water partition coefficient (Wildman–Crippen LogP) is 2.36. The predicted molar refractivity (Wildman–Crippen MR) is 88.7 cm³/mol. The van der Waals surface area contributed by atoms with E-state index in [0.29, 0.717) is 5.75 Å². The largest absolute Gasteiger partial charge is 0.318 e. The van der Waals surface area contributed by atoms with Gasteiger partial charge in [0.1, 0.15) is 6.17 Å². The summed E-state index contributed by atoms with van der Waals surface area (Å²) in [6.07, 6.45) is 2.43. The quantitative estimate of drug-likeness (QED) is 0.872. The van der Waals surface area contributed by atoms with Gasteiger partial charge < -0.3 is 4.90 Å². The first-order valence-electron chi connectivity index (χ1n) is 7.33. The van der Waals surface area contributed by atoms with Crippen LogP contribution in [0.25, 0.3) is 0 Å². The molecule has 4 unspecified atom stereocenters. The summed E-state index contributed by atoms with van der Waals surface area (Å²) in [5, 5.41) is 5.51. The van der Waals surface area contributed by atoms with Crippen LogP contribution in [-0.4, -0.2) is 39.1 Å². The molecule has 0 aromatic carbocycles. The van der Waals surface area contributed by atoms with E-state index in [1.807, 2.05) is 16.3 Å². The van der Waals surface area contributed by atoms with Gasteiger partial charge in [0.25, 0.3) is 0 Å². The van der Waals surface area contributed by atoms with Gasteiger partial charge in [-0.05, 0) is 30.7 Å². The van der Waals surface area contributed by atoms with Gasteiger partial charge in [0.2, 0.25) is 5.91 Å². The van der Waals surface area contributed by atoms with Crippen LogP contribution in [-0.2, 0) is 15.6 Å². The summed E-state index contributed by atoms with van der Waals surface area (Å²) in [6.45, 7) is 6.18. The zero-order valence-electron chi connectivity index (χ0n) is 13.0. The number of carbonyl (C=O) groups excluding carboxylic acids is 1. The second-order valence-corrected chi connectivity index (χ2v) is 8.50. The highest BCUT2D eigenvalue weighted by molar-refractivity contribution is 7.84. The average Bonchev–Trinajstić information content (AvgIpc) is 3.02. The molecule has 1 N–H and O–H groups in total. The number of hydrogen-bond donors (Lipinski definition) is 1. The summed E-state index contributed by atoms with van der Waals surface area (Å²) in [7, 11) is -0.819. The molecular weight excluding hydrogens is 304 g/mol. The van der Waals surface area contributed by atoms with E-state index in [1.165, 1.54) is 0 Å². The van der Waals surface area contributed by atoms with Crippen LogP contribution in [0.15, 0.2) is 17.5 Å². The Morgan fingerprint density at radius 1 is 1.43 bits per heavy atom. The molecule has 1 aromatic heterocycles. The van der Waals surface area contributed by atoms with Crippen molar-refractivity contribution in [3.8, 4) is 0 Å². The molecular formula is C15H24N2O2S2. The molecule has 1 amide bonds. The Kier molecular flexibility index (Phi) is 5.57. The van der Waals surface area contributed by atoms with Gasteiger partial charge in [-0.3, -0.25) is 14.3 Å². The molecule has 6 heteroatoms. The lowest BCUT2D eigenvalue weighted by atomic mass is 10.0. The maximum Gasteiger partial charge on any atom is 0.241 e. The number of thiophene rings is 1. The Morgan fingerprint density at radius 3 is 2.67 bits per heavy atom. The minimum absolute atomic E-state index is 0.0507. The zero-order chi connectivity index (χ0) is 15.6. The van der Waals surface area contributed by atoms with E-state index >= 15 is 0 Å². The molecule has 0 radical (unpaired) electrons. The van der Waals surface area contributed by atoms with Crippen molar-refractivity contribution in [3.05, 3.63) is 22.4 Å². The molecule has 1 aromatic rings. The Morgan fingerprint density at radius 2 is 2.14 bits per heavy atom. The third-order valence-electron chi connectivity index (χ3n) is 3.91. The molecule has 2 rings (SSSR count). The van der Waals surface area contributed by atoms with Crippen LogP contribution in [0.2, 0.25) is 0 Å². The van der Waals surface area contributed by atoms with E-state index < -0.39 is 10.8 Å². The van der Waals surface area contributed by atoms with Gasteiger partial charge in [-0.15, -0.1) is 11.3 Å². The number of nitrogens with zero attached hydrogens (tertiary/aromatic N) is 1. The first-order valence-corrected chi connectivity index (χ1v) is 9.94. The van der Waals surface area contributed by atoms with Crippen LogP contribution in [0.4, 0.5) is 0 Å². The standard InChI is InChI=1S/C15H24N2O2S2/c1-10(2)13-15(18)17(11(3)7-9-21(4)19)14(16-13)12-6-5-8-20-12/h5-6,8,10-11,13-14,16H,7,9H2,1-4H3. The average molecular weight is 329 g/mol. The molecule has 1 aliphatic rings. The number of rotatable bonds is 6. The smallest absolute Gasteiger partial charge is 0.241 e. The Balaban J connectivity index is 2.20. The fourth-order valence-electron chi connectivity index (χ4n) is 2.70. The van der Waals surface area contributed by atoms with Crippen LogP contribution in [0.3, 0.4) is 0 Å². The van der Waals surface area contributed by atoms with Gasteiger partial charge in [-0.25, -0.2) is 0 Å². The van der Waals surface area contributed by atoms with Gasteiger partial charge >= 0.3 is 0 Å². The molecule has 0 spiro atoms. The first-order chi connectivity index (χ1) is 9.91. The number of amides is 1. The highest BCUT2D eigenvalue weighted by Crippen LogP contribution is 2.33. The van der Waals surface area contributed by atoms with E-state index in [-0.39, 0.29) is 30.1 Å². The minimum Gasteiger partial charge on any atom is -0.318 e. The highest BCUT2D eigenvalue weighted by Gasteiger charge is 2.43. The maximum absolute atomic E-state index is 12.7. The number of hydrogen-bond acceptors (Lipinski definition) is 4. The minimum atomic E-state index is -0.819. The van der Waals surface area contributed by atoms with Crippen molar-refractivity contribution in [2.75, 3.05) is 12.0 Å². The van der Waals surface area contributed by atoms with Crippen molar-refractivity contribution >= 4 is 28.0 Å². The molecule has 1 aliphatic heterocycles. The second-order valence-electron chi connectivity index (χ2n) is 5.97. The van der Waals surface area contributed by atoms with E-state index in [9.17, 15) is 9.00 Å². The Hall–Kier alpha value is -0.720. The third-order valence-corrected chi connectivity index (χ3v) is 5.65. The lowest BCUT2D eigenvalue weighted by Gasteiger charge is -2.29. The summed E-state index contributed by atoms with van der Waals surface area (Å²) >= 11 is 1.67. The van der Waals surface area contributed by atoms with E-state index in [2.05, 4.69) is 32.2 Å². The summed E-state index contributed by atoms with van der Waals surface area (Å²) in [5.74, 6) is 1.06. The van der Waals surface area contributed by atoms with Crippen molar-refractivity contribution < 1.29 is 9.00 Å². The number of nitrogens with one attached hydrogen (secondary N) is 1. The molecule has 4 atom stereocenters. The second kappa shape index (κ2) is 7.03. The van der Waals surface area contributed by atoms with Gasteiger partial charge in [-0.2, -0.15) is 0 Å². The maximum atomic E-state index is 12.7. The molecule has 21 heavy (non-hydrogen) atoms. The van der Waals surface area contributed by atoms with Crippen molar-refractivity contribution in [3.63, 3.8) is 0 Å². The van der Waals surface area contributed by atoms with Crippen molar-refractivity contribution in [2.24, 2.45) is 5.92 Å². The summed E-state index contributed by atoms with van der Waals surface area (Å²) in [4.78, 5) is 15.8. The van der Waals surface area contributed by atoms with Crippen LogP contribution in [0.1, 0.15) is 38.2 Å². The monoisotopic (exact) mass is 328 g/mol. The Labute approximate surface area is 133 Å². The van der Waals surface area contributed by atoms with Crippen molar-refractivity contribution in [1.82, 2.24) is 10.2 Å². The fraction of sp³-hybridized carbons (Fsp3) is 0.667. The molecule has 1 saturated heterocycles. The summed E-state index contributed by atoms with van der Waals surface area (Å²) in [6, 6.07) is 4.03. The molecule has 2 heterocycles. The van der Waals surface area contributed by atoms with E-state index in [0.717, 1.165) is 11.3 Å². The molecule has 0 bridgehead atoms. The topological polar surface area (TPSA) is 49.4 Å². The SMILES string of the molecule is CC(C)C1NC(c2cccs2)N(C(C)CCS(C)=O)C1=O. The normalized spacial score (nSPS) is 25.6. The van der Waals surface area contributed by atoms with Crippen LogP contribution >= 0.6 is 11.3 Å². The molecule has 0 saturated carbocycles. The van der Waals surface area contributed by atoms with Gasteiger partial charge in [0.05, 0.1) is 6.04 Å². The lowest BCUT2D eigenvalue weighted by Crippen LogP contribution is -2.39. The Bertz CT molecular complexity index is 502. The lowest BCUT2D eigenvalue weighted by molar-refractivity contribution is -0.132.